The molecule has 1 heterocycles. The number of hydrogen-bond donors (Lipinski definition) is 1. The van der Waals surface area contributed by atoms with Crippen LogP contribution in [0.25, 0.3) is 0 Å². The minimum absolute atomic E-state index is 0.691. The molecule has 1 rings (SSSR count). The van der Waals surface area contributed by atoms with Crippen LogP contribution < -0.4 is 0 Å². The van der Waals surface area contributed by atoms with Crippen molar-refractivity contribution in [3.63, 3.8) is 0 Å². The molecule has 0 fully saturated rings. The summed E-state index contributed by atoms with van der Waals surface area (Å²) in [5.74, 6) is 0. The van der Waals surface area contributed by atoms with Crippen LogP contribution in [0.2, 0.25) is 0 Å². The van der Waals surface area contributed by atoms with E-state index in [1.165, 1.54) is 0 Å². The first kappa shape index (κ1) is 11.1. The topological polar surface area (TPSA) is 36.4 Å². The number of nitrogens with zero attached hydrogens (tertiary/aromatic N) is 2. The highest BCUT2D eigenvalue weighted by molar-refractivity contribution is 5.11. The Hall–Kier alpha value is -0.930. The first-order valence-electron chi connectivity index (χ1n) is 4.81. The quantitative estimate of drug-likeness (QED) is 0.783. The predicted octanol–water partition coefficient (Wildman–Crippen LogP) is 1.24. The van der Waals surface area contributed by atoms with E-state index < -0.39 is 5.60 Å². The van der Waals surface area contributed by atoms with Crippen molar-refractivity contribution >= 4 is 0 Å². The van der Waals surface area contributed by atoms with Crippen LogP contribution in [0.15, 0.2) is 24.4 Å². The van der Waals surface area contributed by atoms with Gasteiger partial charge >= 0.3 is 0 Å². The van der Waals surface area contributed by atoms with Crippen LogP contribution in [0.1, 0.15) is 19.0 Å². The molecule has 1 N–H and O–H groups in total. The maximum Gasteiger partial charge on any atom is 0.105 e. The lowest BCUT2D eigenvalue weighted by Gasteiger charge is -2.24. The zero-order chi connectivity index (χ0) is 10.6. The first-order chi connectivity index (χ1) is 6.52. The van der Waals surface area contributed by atoms with E-state index in [9.17, 15) is 5.11 Å². The van der Waals surface area contributed by atoms with Crippen LogP contribution in [-0.2, 0) is 5.60 Å². The molecule has 3 nitrogen and oxygen atoms in total. The summed E-state index contributed by atoms with van der Waals surface area (Å²) in [6.45, 7) is 2.66. The van der Waals surface area contributed by atoms with E-state index in [1.807, 2.05) is 32.3 Å². The summed E-state index contributed by atoms with van der Waals surface area (Å²) in [6.07, 6.45) is 2.40. The van der Waals surface area contributed by atoms with Crippen LogP contribution >= 0.6 is 0 Å². The molecule has 0 saturated heterocycles. The average Bonchev–Trinajstić information content (AvgIpc) is 2.16. The van der Waals surface area contributed by atoms with Crippen molar-refractivity contribution in [2.24, 2.45) is 0 Å². The van der Waals surface area contributed by atoms with Gasteiger partial charge in [-0.3, -0.25) is 4.98 Å². The second-order valence-electron chi connectivity index (χ2n) is 4.04. The van der Waals surface area contributed by atoms with E-state index >= 15 is 0 Å². The molecule has 3 heteroatoms. The second-order valence-corrected chi connectivity index (χ2v) is 4.04. The number of aromatic nitrogens is 1. The van der Waals surface area contributed by atoms with Gasteiger partial charge in [0.25, 0.3) is 0 Å². The fraction of sp³-hybridized carbons (Fsp3) is 0.545. The molecule has 78 valence electrons. The molecule has 14 heavy (non-hydrogen) atoms. The van der Waals surface area contributed by atoms with E-state index in [2.05, 4.69) is 9.88 Å². The molecule has 0 radical (unpaired) electrons. The lowest BCUT2D eigenvalue weighted by molar-refractivity contribution is 0.0363. The number of pyridine rings is 1. The summed E-state index contributed by atoms with van der Waals surface area (Å²) in [5.41, 5.74) is -0.0900. The van der Waals surface area contributed by atoms with Gasteiger partial charge in [0, 0.05) is 12.7 Å². The number of aliphatic hydroxyl groups is 1. The van der Waals surface area contributed by atoms with Crippen LogP contribution in [0.4, 0.5) is 0 Å². The fourth-order valence-electron chi connectivity index (χ4n) is 1.25. The first-order valence-corrected chi connectivity index (χ1v) is 4.81. The fourth-order valence-corrected chi connectivity index (χ4v) is 1.25. The lowest BCUT2D eigenvalue weighted by Crippen LogP contribution is -2.28. The maximum atomic E-state index is 10.1. The van der Waals surface area contributed by atoms with E-state index in [0.717, 1.165) is 12.2 Å². The van der Waals surface area contributed by atoms with Crippen molar-refractivity contribution in [1.82, 2.24) is 9.88 Å². The van der Waals surface area contributed by atoms with Gasteiger partial charge in [-0.2, -0.15) is 0 Å². The Bertz CT molecular complexity index is 270. The summed E-state index contributed by atoms with van der Waals surface area (Å²) < 4.78 is 0. The van der Waals surface area contributed by atoms with Crippen LogP contribution in [-0.4, -0.2) is 35.6 Å². The van der Waals surface area contributed by atoms with Crippen molar-refractivity contribution in [3.8, 4) is 0 Å². The zero-order valence-electron chi connectivity index (χ0n) is 9.07. The van der Waals surface area contributed by atoms with Gasteiger partial charge in [-0.05, 0) is 39.6 Å². The number of rotatable bonds is 4. The van der Waals surface area contributed by atoms with Crippen molar-refractivity contribution < 1.29 is 5.11 Å². The lowest BCUT2D eigenvalue weighted by atomic mass is 9.97. The molecule has 1 atom stereocenters. The molecule has 1 aromatic rings. The van der Waals surface area contributed by atoms with Gasteiger partial charge in [-0.1, -0.05) is 6.07 Å². The second kappa shape index (κ2) is 4.53. The Balaban J connectivity index is 2.66. The average molecular weight is 194 g/mol. The van der Waals surface area contributed by atoms with Crippen molar-refractivity contribution in [2.45, 2.75) is 18.9 Å². The van der Waals surface area contributed by atoms with Gasteiger partial charge in [0.15, 0.2) is 0 Å². The van der Waals surface area contributed by atoms with Crippen LogP contribution in [0.5, 0.6) is 0 Å². The highest BCUT2D eigenvalue weighted by Gasteiger charge is 2.23. The number of hydrogen-bond acceptors (Lipinski definition) is 3. The summed E-state index contributed by atoms with van der Waals surface area (Å²) in [7, 11) is 3.99. The molecule has 0 spiro atoms. The molecular formula is C11H18N2O. The van der Waals surface area contributed by atoms with Crippen molar-refractivity contribution in [1.29, 1.82) is 0 Å². The van der Waals surface area contributed by atoms with Gasteiger partial charge in [-0.15, -0.1) is 0 Å². The summed E-state index contributed by atoms with van der Waals surface area (Å²) >= 11 is 0. The van der Waals surface area contributed by atoms with Gasteiger partial charge in [-0.25, -0.2) is 0 Å². The highest BCUT2D eigenvalue weighted by Crippen LogP contribution is 2.21. The Morgan fingerprint density at radius 1 is 1.43 bits per heavy atom. The molecule has 1 aromatic heterocycles. The summed E-state index contributed by atoms with van der Waals surface area (Å²) in [5, 5.41) is 10.1. The molecule has 0 aliphatic carbocycles. The Kier molecular flexibility index (Phi) is 3.61. The maximum absolute atomic E-state index is 10.1. The normalized spacial score (nSPS) is 15.5. The molecule has 0 aromatic carbocycles. The molecule has 0 aliphatic heterocycles. The Morgan fingerprint density at radius 3 is 2.64 bits per heavy atom. The SMILES string of the molecule is CN(C)CCC(C)(O)c1ccccn1. The monoisotopic (exact) mass is 194 g/mol. The van der Waals surface area contributed by atoms with Gasteiger partial charge < -0.3 is 10.0 Å². The minimum atomic E-state index is -0.828. The van der Waals surface area contributed by atoms with E-state index in [4.69, 9.17) is 0 Å². The minimum Gasteiger partial charge on any atom is -0.384 e. The Morgan fingerprint density at radius 2 is 2.14 bits per heavy atom. The summed E-state index contributed by atoms with van der Waals surface area (Å²) in [6, 6.07) is 5.60. The largest absolute Gasteiger partial charge is 0.384 e. The molecule has 0 aliphatic rings. The van der Waals surface area contributed by atoms with E-state index in [0.29, 0.717) is 6.42 Å². The molecule has 1 unspecified atom stereocenters. The standard InChI is InChI=1S/C11H18N2O/c1-11(14,7-9-13(2)3)10-6-4-5-8-12-10/h4-6,8,14H,7,9H2,1-3H3. The molecular weight excluding hydrogens is 176 g/mol. The highest BCUT2D eigenvalue weighted by atomic mass is 16.3. The third kappa shape index (κ3) is 3.09. The van der Waals surface area contributed by atoms with E-state index in [-0.39, 0.29) is 0 Å². The van der Waals surface area contributed by atoms with E-state index in [1.54, 1.807) is 13.1 Å². The van der Waals surface area contributed by atoms with Crippen LogP contribution in [0, 0.1) is 0 Å². The molecule has 0 saturated carbocycles. The smallest absolute Gasteiger partial charge is 0.105 e. The Labute approximate surface area is 85.4 Å². The molecule has 0 amide bonds. The van der Waals surface area contributed by atoms with Crippen LogP contribution in [0.3, 0.4) is 0 Å². The third-order valence-corrected chi connectivity index (χ3v) is 2.26. The zero-order valence-corrected chi connectivity index (χ0v) is 9.07. The van der Waals surface area contributed by atoms with Gasteiger partial charge in [0.05, 0.1) is 5.69 Å². The van der Waals surface area contributed by atoms with Crippen molar-refractivity contribution in [3.05, 3.63) is 30.1 Å². The van der Waals surface area contributed by atoms with Gasteiger partial charge in [0.2, 0.25) is 0 Å². The third-order valence-electron chi connectivity index (χ3n) is 2.26. The van der Waals surface area contributed by atoms with Gasteiger partial charge in [0.1, 0.15) is 5.60 Å². The van der Waals surface area contributed by atoms with Crippen molar-refractivity contribution in [2.75, 3.05) is 20.6 Å². The molecule has 0 bridgehead atoms. The predicted molar refractivity (Wildman–Crippen MR) is 57.0 cm³/mol. The summed E-state index contributed by atoms with van der Waals surface area (Å²) in [4.78, 5) is 6.21.